The summed E-state index contributed by atoms with van der Waals surface area (Å²) in [5, 5.41) is 0. The molecule has 0 aromatic carbocycles. The first kappa shape index (κ1) is 15.6. The number of Topliss-reactive ketones (excluding diaryl/α,β-unsaturated/α-hetero) is 1. The summed E-state index contributed by atoms with van der Waals surface area (Å²) in [6.07, 6.45) is 6.79. The van der Waals surface area contributed by atoms with Crippen LogP contribution in [0, 0.1) is 0 Å². The molecule has 3 nitrogen and oxygen atoms in total. The zero-order chi connectivity index (χ0) is 13.4. The van der Waals surface area contributed by atoms with E-state index in [4.69, 9.17) is 4.74 Å². The summed E-state index contributed by atoms with van der Waals surface area (Å²) in [5.41, 5.74) is -0.311. The van der Waals surface area contributed by atoms with Crippen molar-refractivity contribution in [3.63, 3.8) is 0 Å². The highest BCUT2D eigenvalue weighted by Gasteiger charge is 2.34. The minimum absolute atomic E-state index is 0.311. The molecule has 106 valence electrons. The molecule has 0 saturated carbocycles. The Balaban J connectivity index is 2.29. The van der Waals surface area contributed by atoms with Gasteiger partial charge in [0.1, 0.15) is 0 Å². The SMILES string of the molecule is CCCCCCCC(=O)C(C)(C)N1CCOCC1. The van der Waals surface area contributed by atoms with E-state index in [1.807, 2.05) is 0 Å². The summed E-state index contributed by atoms with van der Waals surface area (Å²) < 4.78 is 5.35. The highest BCUT2D eigenvalue weighted by atomic mass is 16.5. The third-order valence-corrected chi connectivity index (χ3v) is 3.99. The first-order valence-electron chi connectivity index (χ1n) is 7.45. The monoisotopic (exact) mass is 255 g/mol. The molecule has 1 heterocycles. The van der Waals surface area contributed by atoms with Crippen LogP contribution in [0.4, 0.5) is 0 Å². The van der Waals surface area contributed by atoms with E-state index >= 15 is 0 Å². The summed E-state index contributed by atoms with van der Waals surface area (Å²) in [6.45, 7) is 9.62. The van der Waals surface area contributed by atoms with Crippen LogP contribution in [-0.4, -0.2) is 42.5 Å². The van der Waals surface area contributed by atoms with Gasteiger partial charge < -0.3 is 4.74 Å². The first-order valence-corrected chi connectivity index (χ1v) is 7.45. The van der Waals surface area contributed by atoms with E-state index in [0.29, 0.717) is 5.78 Å². The molecular weight excluding hydrogens is 226 g/mol. The topological polar surface area (TPSA) is 29.5 Å². The van der Waals surface area contributed by atoms with Crippen molar-refractivity contribution in [3.05, 3.63) is 0 Å². The van der Waals surface area contributed by atoms with Gasteiger partial charge in [-0.15, -0.1) is 0 Å². The van der Waals surface area contributed by atoms with Gasteiger partial charge in [0, 0.05) is 19.5 Å². The maximum atomic E-state index is 12.3. The Labute approximate surface area is 112 Å². The van der Waals surface area contributed by atoms with Gasteiger partial charge in [0.2, 0.25) is 0 Å². The molecule has 0 bridgehead atoms. The van der Waals surface area contributed by atoms with Crippen molar-refractivity contribution >= 4 is 5.78 Å². The van der Waals surface area contributed by atoms with Crippen molar-refractivity contribution in [2.45, 2.75) is 64.8 Å². The standard InChI is InChI=1S/C15H29NO2/c1-4-5-6-7-8-9-14(17)15(2,3)16-10-12-18-13-11-16/h4-13H2,1-3H3. The average molecular weight is 255 g/mol. The Morgan fingerprint density at radius 2 is 1.72 bits per heavy atom. The molecule has 1 fully saturated rings. The number of nitrogens with zero attached hydrogens (tertiary/aromatic N) is 1. The van der Waals surface area contributed by atoms with Gasteiger partial charge in [0.15, 0.2) is 5.78 Å². The fraction of sp³-hybridized carbons (Fsp3) is 0.933. The van der Waals surface area contributed by atoms with Crippen molar-refractivity contribution in [1.29, 1.82) is 0 Å². The Bertz CT molecular complexity index is 245. The molecule has 0 aromatic rings. The van der Waals surface area contributed by atoms with E-state index in [9.17, 15) is 4.79 Å². The minimum atomic E-state index is -0.311. The number of hydrogen-bond acceptors (Lipinski definition) is 3. The molecule has 0 unspecified atom stereocenters. The summed E-state index contributed by atoms with van der Waals surface area (Å²) >= 11 is 0. The summed E-state index contributed by atoms with van der Waals surface area (Å²) in [6, 6.07) is 0. The van der Waals surface area contributed by atoms with Gasteiger partial charge in [0.05, 0.1) is 18.8 Å². The molecule has 1 saturated heterocycles. The van der Waals surface area contributed by atoms with Gasteiger partial charge in [-0.2, -0.15) is 0 Å². The Hall–Kier alpha value is -0.410. The first-order chi connectivity index (χ1) is 8.59. The number of ketones is 1. The normalized spacial score (nSPS) is 17.9. The highest BCUT2D eigenvalue weighted by Crippen LogP contribution is 2.20. The molecule has 3 heteroatoms. The van der Waals surface area contributed by atoms with E-state index in [-0.39, 0.29) is 5.54 Å². The van der Waals surface area contributed by atoms with Crippen LogP contribution in [0.3, 0.4) is 0 Å². The second kappa shape index (κ2) is 7.90. The number of morpholine rings is 1. The molecule has 0 spiro atoms. The molecular formula is C15H29NO2. The Morgan fingerprint density at radius 3 is 2.33 bits per heavy atom. The molecule has 1 aliphatic heterocycles. The lowest BCUT2D eigenvalue weighted by molar-refractivity contribution is -0.132. The number of unbranched alkanes of at least 4 members (excludes halogenated alkanes) is 4. The van der Waals surface area contributed by atoms with Crippen LogP contribution in [0.2, 0.25) is 0 Å². The van der Waals surface area contributed by atoms with Crippen LogP contribution in [0.25, 0.3) is 0 Å². The maximum Gasteiger partial charge on any atom is 0.152 e. The molecule has 18 heavy (non-hydrogen) atoms. The van der Waals surface area contributed by atoms with Crippen molar-refractivity contribution in [2.75, 3.05) is 26.3 Å². The van der Waals surface area contributed by atoms with Crippen molar-refractivity contribution in [2.24, 2.45) is 0 Å². The van der Waals surface area contributed by atoms with Crippen LogP contribution >= 0.6 is 0 Å². The van der Waals surface area contributed by atoms with Gasteiger partial charge in [-0.25, -0.2) is 0 Å². The van der Waals surface area contributed by atoms with E-state index < -0.39 is 0 Å². The van der Waals surface area contributed by atoms with Gasteiger partial charge in [-0.05, 0) is 20.3 Å². The van der Waals surface area contributed by atoms with Crippen molar-refractivity contribution in [3.8, 4) is 0 Å². The highest BCUT2D eigenvalue weighted by molar-refractivity contribution is 5.87. The molecule has 0 aliphatic carbocycles. The predicted octanol–water partition coefficient (Wildman–Crippen LogP) is 3.03. The lowest BCUT2D eigenvalue weighted by Gasteiger charge is -2.39. The summed E-state index contributed by atoms with van der Waals surface area (Å²) in [5.74, 6) is 0.390. The third-order valence-electron chi connectivity index (χ3n) is 3.99. The van der Waals surface area contributed by atoms with Gasteiger partial charge in [0.25, 0.3) is 0 Å². The number of carbonyl (C=O) groups excluding carboxylic acids is 1. The van der Waals surface area contributed by atoms with E-state index in [0.717, 1.165) is 39.1 Å². The molecule has 0 radical (unpaired) electrons. The lowest BCUT2D eigenvalue weighted by atomic mass is 9.92. The van der Waals surface area contributed by atoms with Crippen LogP contribution in [-0.2, 0) is 9.53 Å². The third kappa shape index (κ3) is 4.69. The molecule has 0 N–H and O–H groups in total. The van der Waals surface area contributed by atoms with Gasteiger partial charge >= 0.3 is 0 Å². The molecule has 1 aliphatic rings. The fourth-order valence-electron chi connectivity index (χ4n) is 2.49. The number of hydrogen-bond donors (Lipinski definition) is 0. The van der Waals surface area contributed by atoms with Crippen LogP contribution in [0.5, 0.6) is 0 Å². The van der Waals surface area contributed by atoms with Crippen LogP contribution in [0.1, 0.15) is 59.3 Å². The minimum Gasteiger partial charge on any atom is -0.379 e. The lowest BCUT2D eigenvalue weighted by Crippen LogP contribution is -2.54. The van der Waals surface area contributed by atoms with Crippen LogP contribution < -0.4 is 0 Å². The smallest absolute Gasteiger partial charge is 0.152 e. The zero-order valence-electron chi connectivity index (χ0n) is 12.3. The van der Waals surface area contributed by atoms with E-state index in [1.165, 1.54) is 25.7 Å². The summed E-state index contributed by atoms with van der Waals surface area (Å²) in [4.78, 5) is 14.6. The molecule has 0 aromatic heterocycles. The van der Waals surface area contributed by atoms with E-state index in [2.05, 4.69) is 25.7 Å². The van der Waals surface area contributed by atoms with Crippen molar-refractivity contribution < 1.29 is 9.53 Å². The zero-order valence-corrected chi connectivity index (χ0v) is 12.3. The predicted molar refractivity (Wildman–Crippen MR) is 74.9 cm³/mol. The molecule has 1 rings (SSSR count). The van der Waals surface area contributed by atoms with Crippen molar-refractivity contribution in [1.82, 2.24) is 4.90 Å². The molecule has 0 atom stereocenters. The average Bonchev–Trinajstić information content (AvgIpc) is 2.39. The largest absolute Gasteiger partial charge is 0.379 e. The molecule has 0 amide bonds. The van der Waals surface area contributed by atoms with Crippen LogP contribution in [0.15, 0.2) is 0 Å². The van der Waals surface area contributed by atoms with Gasteiger partial charge in [-0.1, -0.05) is 32.6 Å². The fourth-order valence-corrected chi connectivity index (χ4v) is 2.49. The number of carbonyl (C=O) groups is 1. The second-order valence-corrected chi connectivity index (χ2v) is 5.75. The Kier molecular flexibility index (Phi) is 6.87. The quantitative estimate of drug-likeness (QED) is 0.624. The number of rotatable bonds is 8. The number of ether oxygens (including phenoxy) is 1. The maximum absolute atomic E-state index is 12.3. The van der Waals surface area contributed by atoms with Gasteiger partial charge in [-0.3, -0.25) is 9.69 Å². The Morgan fingerprint density at radius 1 is 1.11 bits per heavy atom. The summed E-state index contributed by atoms with van der Waals surface area (Å²) in [7, 11) is 0. The van der Waals surface area contributed by atoms with E-state index in [1.54, 1.807) is 0 Å². The second-order valence-electron chi connectivity index (χ2n) is 5.75.